The average Bonchev–Trinajstić information content (AvgIpc) is 2.73. The molecule has 1 saturated carbocycles. The number of benzene rings is 2. The summed E-state index contributed by atoms with van der Waals surface area (Å²) in [7, 11) is 0. The monoisotopic (exact) mass is 446 g/mol. The molecule has 1 unspecified atom stereocenters. The van der Waals surface area contributed by atoms with Gasteiger partial charge in [0.1, 0.15) is 5.69 Å². The third kappa shape index (κ3) is 4.46. The van der Waals surface area contributed by atoms with Gasteiger partial charge in [0.25, 0.3) is 0 Å². The molecule has 4 nitrogen and oxygen atoms in total. The van der Waals surface area contributed by atoms with E-state index in [4.69, 9.17) is 17.0 Å². The first-order valence-electron chi connectivity index (χ1n) is 10.0. The third-order valence-corrected chi connectivity index (χ3v) is 6.01. The van der Waals surface area contributed by atoms with Crippen LogP contribution in [-0.4, -0.2) is 16.9 Å². The van der Waals surface area contributed by atoms with E-state index in [9.17, 15) is 18.3 Å². The Bertz CT molecular complexity index is 1130. The summed E-state index contributed by atoms with van der Waals surface area (Å²) in [5, 5.41) is 23.9. The molecule has 1 heterocycles. The molecule has 0 bridgehead atoms. The van der Waals surface area contributed by atoms with Gasteiger partial charge in [0.2, 0.25) is 0 Å². The Morgan fingerprint density at radius 2 is 1.84 bits per heavy atom. The van der Waals surface area contributed by atoms with Gasteiger partial charge in [-0.25, -0.2) is 4.98 Å². The highest BCUT2D eigenvalue weighted by Gasteiger charge is 2.34. The number of hydrogen-bond donors (Lipinski definition) is 2. The maximum atomic E-state index is 13.4. The van der Waals surface area contributed by atoms with Gasteiger partial charge >= 0.3 is 6.18 Å². The normalized spacial score (nSPS) is 19.4. The van der Waals surface area contributed by atoms with Gasteiger partial charge in [-0.3, -0.25) is 0 Å². The summed E-state index contributed by atoms with van der Waals surface area (Å²) in [5.74, 6) is -0.956. The van der Waals surface area contributed by atoms with E-state index in [-0.39, 0.29) is 23.0 Å². The first kappa shape index (κ1) is 21.4. The number of aromatic nitrogens is 1. The van der Waals surface area contributed by atoms with E-state index >= 15 is 0 Å². The predicted molar refractivity (Wildman–Crippen MR) is 114 cm³/mol. The van der Waals surface area contributed by atoms with Crippen LogP contribution in [0.3, 0.4) is 0 Å². The van der Waals surface area contributed by atoms with Gasteiger partial charge in [0, 0.05) is 28.1 Å². The fourth-order valence-electron chi connectivity index (χ4n) is 4.36. The maximum Gasteiger partial charge on any atom is 0.433 e. The molecule has 3 aromatic rings. The second-order valence-corrected chi connectivity index (χ2v) is 8.21. The molecule has 0 amide bonds. The van der Waals surface area contributed by atoms with Crippen molar-refractivity contribution in [2.75, 3.05) is 5.32 Å². The minimum Gasteiger partial charge on any atom is -0.859 e. The van der Waals surface area contributed by atoms with Crippen LogP contribution in [0.5, 0.6) is 0 Å². The highest BCUT2D eigenvalue weighted by Crippen LogP contribution is 2.39. The van der Waals surface area contributed by atoms with E-state index < -0.39 is 17.8 Å². The summed E-state index contributed by atoms with van der Waals surface area (Å²) in [6, 6.07) is 12.4. The van der Waals surface area contributed by atoms with E-state index in [1.54, 1.807) is 42.5 Å². The highest BCUT2D eigenvalue weighted by molar-refractivity contribution is 6.30. The molecule has 2 aromatic carbocycles. The number of halogens is 4. The van der Waals surface area contributed by atoms with Crippen molar-refractivity contribution in [1.29, 1.82) is 5.41 Å². The SMILES string of the molecule is N=C([O-])c1ccc(Cl)cc1C1CCCC[C@@H]1Nc1cc(C(F)(F)F)nc2ccccc12. The fraction of sp³-hybridized carbons (Fsp3) is 0.304. The average molecular weight is 447 g/mol. The highest BCUT2D eigenvalue weighted by atomic mass is 35.5. The lowest BCUT2D eigenvalue weighted by molar-refractivity contribution is -0.214. The molecule has 1 aromatic heterocycles. The zero-order chi connectivity index (χ0) is 22.2. The number of anilines is 1. The van der Waals surface area contributed by atoms with Crippen LogP contribution >= 0.6 is 11.6 Å². The lowest BCUT2D eigenvalue weighted by atomic mass is 9.78. The van der Waals surface area contributed by atoms with Crippen molar-refractivity contribution < 1.29 is 18.3 Å². The summed E-state index contributed by atoms with van der Waals surface area (Å²) in [6.45, 7) is 0. The molecule has 31 heavy (non-hydrogen) atoms. The Balaban J connectivity index is 1.77. The molecule has 1 fully saturated rings. The number of nitrogens with one attached hydrogen (secondary N) is 2. The molecule has 1 aliphatic carbocycles. The third-order valence-electron chi connectivity index (χ3n) is 5.77. The van der Waals surface area contributed by atoms with Crippen LogP contribution in [0, 0.1) is 5.41 Å². The topological polar surface area (TPSA) is 71.8 Å². The number of hydrogen-bond acceptors (Lipinski definition) is 4. The zero-order valence-corrected chi connectivity index (χ0v) is 17.2. The number of nitrogens with zero attached hydrogens (tertiary/aromatic N) is 1. The largest absolute Gasteiger partial charge is 0.859 e. The van der Waals surface area contributed by atoms with Crippen molar-refractivity contribution in [3.63, 3.8) is 0 Å². The molecule has 4 rings (SSSR count). The molecule has 2 N–H and O–H groups in total. The number of para-hydroxylation sites is 1. The van der Waals surface area contributed by atoms with Crippen LogP contribution in [0.1, 0.15) is 48.4 Å². The van der Waals surface area contributed by atoms with Crippen molar-refractivity contribution in [2.45, 2.75) is 43.8 Å². The number of pyridine rings is 1. The second kappa shape index (κ2) is 8.38. The van der Waals surface area contributed by atoms with Gasteiger partial charge in [0.05, 0.1) is 5.52 Å². The van der Waals surface area contributed by atoms with Crippen molar-refractivity contribution >= 4 is 34.1 Å². The van der Waals surface area contributed by atoms with Crippen molar-refractivity contribution in [1.82, 2.24) is 4.98 Å². The summed E-state index contributed by atoms with van der Waals surface area (Å²) >= 11 is 6.17. The Morgan fingerprint density at radius 1 is 1.10 bits per heavy atom. The molecule has 0 spiro atoms. The predicted octanol–water partition coefficient (Wildman–Crippen LogP) is 5.73. The summed E-state index contributed by atoms with van der Waals surface area (Å²) in [6.07, 6.45) is -1.27. The Hall–Kier alpha value is -2.80. The van der Waals surface area contributed by atoms with E-state index in [0.29, 0.717) is 21.7 Å². The molecule has 162 valence electrons. The Labute approximate surface area is 182 Å². The fourth-order valence-corrected chi connectivity index (χ4v) is 4.54. The quantitative estimate of drug-likeness (QED) is 0.397. The Morgan fingerprint density at radius 3 is 2.58 bits per heavy atom. The first-order valence-corrected chi connectivity index (χ1v) is 10.4. The zero-order valence-electron chi connectivity index (χ0n) is 16.5. The van der Waals surface area contributed by atoms with Crippen molar-refractivity contribution in [2.24, 2.45) is 0 Å². The van der Waals surface area contributed by atoms with Crippen LogP contribution in [0.2, 0.25) is 5.02 Å². The van der Waals surface area contributed by atoms with Crippen LogP contribution in [0.15, 0.2) is 48.5 Å². The van der Waals surface area contributed by atoms with E-state index in [1.807, 2.05) is 0 Å². The second-order valence-electron chi connectivity index (χ2n) is 7.77. The van der Waals surface area contributed by atoms with Gasteiger partial charge in [-0.1, -0.05) is 48.7 Å². The van der Waals surface area contributed by atoms with E-state index in [1.165, 1.54) is 0 Å². The van der Waals surface area contributed by atoms with Crippen LogP contribution in [0.25, 0.3) is 10.9 Å². The van der Waals surface area contributed by atoms with Crippen LogP contribution in [-0.2, 0) is 6.18 Å². The van der Waals surface area contributed by atoms with Crippen molar-refractivity contribution in [3.05, 3.63) is 70.4 Å². The molecule has 0 aliphatic heterocycles. The lowest BCUT2D eigenvalue weighted by Crippen LogP contribution is -2.33. The first-order chi connectivity index (χ1) is 14.7. The molecular formula is C23H20ClF3N3O-. The molecule has 2 atom stereocenters. The van der Waals surface area contributed by atoms with Crippen LogP contribution < -0.4 is 10.4 Å². The molecular weight excluding hydrogens is 427 g/mol. The minimum atomic E-state index is -4.57. The van der Waals surface area contributed by atoms with Gasteiger partial charge in [-0.2, -0.15) is 13.2 Å². The molecule has 1 aliphatic rings. The standard InChI is InChI=1S/C23H21ClF3N3O/c24-13-9-10-15(22(28)31)17(11-13)14-5-1-3-7-18(14)29-20-12-21(23(25,26)27)30-19-8-4-2-6-16(19)20/h2,4,6,8-12,14,18H,1,3,5,7H2,(H2,28,31)(H,29,30)/p-1/t14?,18-/m0/s1. The number of alkyl halides is 3. The molecule has 0 radical (unpaired) electrons. The maximum absolute atomic E-state index is 13.4. The molecule has 0 saturated heterocycles. The number of rotatable bonds is 4. The Kier molecular flexibility index (Phi) is 5.79. The van der Waals surface area contributed by atoms with E-state index in [2.05, 4.69) is 10.3 Å². The smallest absolute Gasteiger partial charge is 0.433 e. The number of fused-ring (bicyclic) bond motifs is 1. The summed E-state index contributed by atoms with van der Waals surface area (Å²) in [4.78, 5) is 3.77. The van der Waals surface area contributed by atoms with Gasteiger partial charge in [-0.15, -0.1) is 0 Å². The van der Waals surface area contributed by atoms with Crippen LogP contribution in [0.4, 0.5) is 18.9 Å². The summed E-state index contributed by atoms with van der Waals surface area (Å²) in [5.41, 5.74) is 0.608. The summed E-state index contributed by atoms with van der Waals surface area (Å²) < 4.78 is 40.3. The van der Waals surface area contributed by atoms with Gasteiger partial charge in [0.15, 0.2) is 0 Å². The van der Waals surface area contributed by atoms with Gasteiger partial charge in [-0.05, 0) is 54.1 Å². The minimum absolute atomic E-state index is 0.155. The van der Waals surface area contributed by atoms with E-state index in [0.717, 1.165) is 31.7 Å². The lowest BCUT2D eigenvalue weighted by Gasteiger charge is -2.35. The van der Waals surface area contributed by atoms with Crippen molar-refractivity contribution in [3.8, 4) is 0 Å². The molecule has 8 heteroatoms. The van der Waals surface area contributed by atoms with Gasteiger partial charge < -0.3 is 15.8 Å².